The van der Waals surface area contributed by atoms with Gasteiger partial charge in [-0.15, -0.1) is 0 Å². The molecule has 2 aliphatic rings. The van der Waals surface area contributed by atoms with Crippen LogP contribution in [0.25, 0.3) is 0 Å². The third-order valence-corrected chi connectivity index (χ3v) is 5.21. The fourth-order valence-electron chi connectivity index (χ4n) is 3.66. The molecule has 1 saturated heterocycles. The van der Waals surface area contributed by atoms with Gasteiger partial charge in [0.25, 0.3) is 5.56 Å². The van der Waals surface area contributed by atoms with Crippen molar-refractivity contribution >= 4 is 23.3 Å². The Labute approximate surface area is 162 Å². The highest BCUT2D eigenvalue weighted by atomic mass is 16.5. The molecule has 1 aromatic heterocycles. The molecule has 10 heteroatoms. The van der Waals surface area contributed by atoms with E-state index in [4.69, 9.17) is 10.5 Å². The molecule has 3 N–H and O–H groups in total. The number of rotatable bonds is 8. The molecular weight excluding hydrogens is 366 g/mol. The fourth-order valence-corrected chi connectivity index (χ4v) is 3.66. The summed E-state index contributed by atoms with van der Waals surface area (Å²) in [6, 6.07) is 0.234. The molecule has 1 saturated carbocycles. The first kappa shape index (κ1) is 20.1. The van der Waals surface area contributed by atoms with Crippen LogP contribution in [0.5, 0.6) is 0 Å². The third kappa shape index (κ3) is 3.82. The van der Waals surface area contributed by atoms with E-state index in [9.17, 15) is 19.2 Å². The van der Waals surface area contributed by atoms with Crippen LogP contribution in [0.1, 0.15) is 32.6 Å². The zero-order valence-electron chi connectivity index (χ0n) is 16.3. The molecule has 0 spiro atoms. The predicted molar refractivity (Wildman–Crippen MR) is 103 cm³/mol. The van der Waals surface area contributed by atoms with Gasteiger partial charge in [-0.25, -0.2) is 4.79 Å². The fraction of sp³-hybridized carbons (Fsp3) is 0.667. The maximum atomic E-state index is 13.2. The Bertz CT molecular complexity index is 872. The molecule has 2 heterocycles. The van der Waals surface area contributed by atoms with E-state index < -0.39 is 17.2 Å². The molecule has 0 radical (unpaired) electrons. The smallest absolute Gasteiger partial charge is 0.330 e. The molecule has 2 fully saturated rings. The number of nitrogen functional groups attached to an aromatic ring is 1. The Hall–Kier alpha value is -2.62. The Morgan fingerprint density at radius 1 is 1.32 bits per heavy atom. The number of nitrogens with one attached hydrogen (secondary N) is 1. The summed E-state index contributed by atoms with van der Waals surface area (Å²) in [5, 5.41) is 0. The lowest BCUT2D eigenvalue weighted by atomic mass is 10.1. The largest absolute Gasteiger partial charge is 0.383 e. The van der Waals surface area contributed by atoms with Crippen molar-refractivity contribution in [1.29, 1.82) is 0 Å². The van der Waals surface area contributed by atoms with Crippen molar-refractivity contribution in [1.82, 2.24) is 14.5 Å². The second kappa shape index (κ2) is 8.17. The average Bonchev–Trinajstić information content (AvgIpc) is 3.42. The molecule has 0 bridgehead atoms. The molecule has 3 rings (SSSR count). The number of aromatic nitrogens is 2. The van der Waals surface area contributed by atoms with Gasteiger partial charge in [0, 0.05) is 39.2 Å². The van der Waals surface area contributed by atoms with E-state index in [0.717, 1.165) is 12.8 Å². The molecule has 1 aliphatic carbocycles. The van der Waals surface area contributed by atoms with Crippen LogP contribution in [0.4, 0.5) is 11.5 Å². The maximum absolute atomic E-state index is 13.2. The number of H-pyrrole nitrogens is 1. The van der Waals surface area contributed by atoms with Gasteiger partial charge in [0.1, 0.15) is 5.82 Å². The number of carbonyl (C=O) groups is 2. The zero-order chi connectivity index (χ0) is 20.4. The number of carbonyl (C=O) groups excluding carboxylic acids is 2. The van der Waals surface area contributed by atoms with Crippen LogP contribution >= 0.6 is 0 Å². The lowest BCUT2D eigenvalue weighted by molar-refractivity contribution is -0.128. The van der Waals surface area contributed by atoms with Crippen molar-refractivity contribution in [3.63, 3.8) is 0 Å². The standard InChI is InChI=1S/C18H27N5O5/c1-3-6-22-15(19)14(16(25)20-18(22)27)21(7-8-28-2)17(26)11-9-13(24)23(10-11)12-4-5-12/h11-12H,3-10,19H2,1-2H3,(H,20,25,27). The van der Waals surface area contributed by atoms with Gasteiger partial charge in [-0.05, 0) is 19.3 Å². The summed E-state index contributed by atoms with van der Waals surface area (Å²) in [4.78, 5) is 55.4. The number of likely N-dealkylation sites (tertiary alicyclic amines) is 1. The van der Waals surface area contributed by atoms with Crippen LogP contribution in [0.15, 0.2) is 9.59 Å². The van der Waals surface area contributed by atoms with E-state index in [-0.39, 0.29) is 48.9 Å². The van der Waals surface area contributed by atoms with Crippen molar-refractivity contribution in [2.45, 2.75) is 45.2 Å². The number of hydrogen-bond acceptors (Lipinski definition) is 6. The van der Waals surface area contributed by atoms with Crippen LogP contribution in [0.3, 0.4) is 0 Å². The summed E-state index contributed by atoms with van der Waals surface area (Å²) < 4.78 is 6.34. The van der Waals surface area contributed by atoms with Crippen molar-refractivity contribution in [2.24, 2.45) is 5.92 Å². The molecule has 2 amide bonds. The van der Waals surface area contributed by atoms with E-state index in [1.165, 1.54) is 16.6 Å². The molecule has 154 valence electrons. The minimum absolute atomic E-state index is 0.0367. The number of hydrogen-bond donors (Lipinski definition) is 2. The quantitative estimate of drug-likeness (QED) is 0.613. The Kier molecular flexibility index (Phi) is 5.87. The highest BCUT2D eigenvalue weighted by Gasteiger charge is 2.43. The van der Waals surface area contributed by atoms with Gasteiger partial charge in [0.2, 0.25) is 11.8 Å². The molecule has 1 aromatic rings. The molecule has 1 aliphatic heterocycles. The zero-order valence-corrected chi connectivity index (χ0v) is 16.3. The van der Waals surface area contributed by atoms with E-state index in [0.29, 0.717) is 19.5 Å². The minimum atomic E-state index is -0.720. The summed E-state index contributed by atoms with van der Waals surface area (Å²) in [6.45, 7) is 2.82. The Morgan fingerprint density at radius 3 is 2.64 bits per heavy atom. The van der Waals surface area contributed by atoms with Crippen LogP contribution in [0, 0.1) is 5.92 Å². The molecular formula is C18H27N5O5. The summed E-state index contributed by atoms with van der Waals surface area (Å²) in [5.74, 6) is -0.989. The summed E-state index contributed by atoms with van der Waals surface area (Å²) in [7, 11) is 1.49. The average molecular weight is 393 g/mol. The lowest BCUT2D eigenvalue weighted by Crippen LogP contribution is -2.45. The maximum Gasteiger partial charge on any atom is 0.330 e. The van der Waals surface area contributed by atoms with Gasteiger partial charge in [-0.3, -0.25) is 23.9 Å². The number of ether oxygens (including phenoxy) is 1. The van der Waals surface area contributed by atoms with Crippen LogP contribution < -0.4 is 21.9 Å². The molecule has 10 nitrogen and oxygen atoms in total. The molecule has 0 aromatic carbocycles. The summed E-state index contributed by atoms with van der Waals surface area (Å²) >= 11 is 0. The first-order chi connectivity index (χ1) is 13.4. The van der Waals surface area contributed by atoms with Gasteiger partial charge in [0.15, 0.2) is 5.69 Å². The van der Waals surface area contributed by atoms with E-state index in [1.54, 1.807) is 4.90 Å². The molecule has 1 atom stereocenters. The molecule has 28 heavy (non-hydrogen) atoms. The highest BCUT2D eigenvalue weighted by molar-refractivity contribution is 6.00. The van der Waals surface area contributed by atoms with Crippen molar-refractivity contribution in [2.75, 3.05) is 37.4 Å². The minimum Gasteiger partial charge on any atom is -0.383 e. The predicted octanol–water partition coefficient (Wildman–Crippen LogP) is -0.481. The van der Waals surface area contributed by atoms with E-state index in [2.05, 4.69) is 4.98 Å². The van der Waals surface area contributed by atoms with Gasteiger partial charge < -0.3 is 20.3 Å². The van der Waals surface area contributed by atoms with Gasteiger partial charge >= 0.3 is 5.69 Å². The first-order valence-electron chi connectivity index (χ1n) is 9.61. The van der Waals surface area contributed by atoms with Crippen molar-refractivity contribution in [3.8, 4) is 0 Å². The first-order valence-corrected chi connectivity index (χ1v) is 9.61. The van der Waals surface area contributed by atoms with Gasteiger partial charge in [-0.1, -0.05) is 6.92 Å². The second-order valence-corrected chi connectivity index (χ2v) is 7.31. The number of nitrogens with two attached hydrogens (primary N) is 1. The van der Waals surface area contributed by atoms with Gasteiger partial charge in [0.05, 0.1) is 12.5 Å². The van der Waals surface area contributed by atoms with Crippen LogP contribution in [-0.4, -0.2) is 59.1 Å². The van der Waals surface area contributed by atoms with Crippen molar-refractivity contribution < 1.29 is 14.3 Å². The number of aromatic amines is 1. The number of nitrogens with zero attached hydrogens (tertiary/aromatic N) is 3. The SMILES string of the molecule is CCCn1c(N)c(N(CCOC)C(=O)C2CC(=O)N(C3CC3)C2)c(=O)[nH]c1=O. The van der Waals surface area contributed by atoms with E-state index in [1.807, 2.05) is 6.92 Å². The summed E-state index contributed by atoms with van der Waals surface area (Å²) in [5.41, 5.74) is 4.73. The normalized spacial score (nSPS) is 19.3. The monoisotopic (exact) mass is 393 g/mol. The number of anilines is 2. The van der Waals surface area contributed by atoms with Crippen LogP contribution in [0.2, 0.25) is 0 Å². The van der Waals surface area contributed by atoms with Crippen LogP contribution in [-0.2, 0) is 20.9 Å². The Morgan fingerprint density at radius 2 is 2.04 bits per heavy atom. The number of methoxy groups -OCH3 is 1. The molecule has 1 unspecified atom stereocenters. The number of amides is 2. The highest BCUT2D eigenvalue weighted by Crippen LogP contribution is 2.33. The topological polar surface area (TPSA) is 131 Å². The Balaban J connectivity index is 1.95. The van der Waals surface area contributed by atoms with Crippen molar-refractivity contribution in [3.05, 3.63) is 20.8 Å². The second-order valence-electron chi connectivity index (χ2n) is 7.31. The van der Waals surface area contributed by atoms with Gasteiger partial charge in [-0.2, -0.15) is 0 Å². The third-order valence-electron chi connectivity index (χ3n) is 5.21. The summed E-state index contributed by atoms with van der Waals surface area (Å²) in [6.07, 6.45) is 2.68. The van der Waals surface area contributed by atoms with E-state index >= 15 is 0 Å². The lowest BCUT2D eigenvalue weighted by Gasteiger charge is -2.26.